The molecule has 23 heavy (non-hydrogen) atoms. The van der Waals surface area contributed by atoms with Gasteiger partial charge in [0.25, 0.3) is 0 Å². The summed E-state index contributed by atoms with van der Waals surface area (Å²) in [6.07, 6.45) is 4.71. The van der Waals surface area contributed by atoms with E-state index in [2.05, 4.69) is 34.3 Å². The molecule has 0 unspecified atom stereocenters. The average Bonchev–Trinajstić information content (AvgIpc) is 2.57. The van der Waals surface area contributed by atoms with Gasteiger partial charge in [-0.2, -0.15) is 10.1 Å². The lowest BCUT2D eigenvalue weighted by Gasteiger charge is -2.22. The lowest BCUT2D eigenvalue weighted by atomic mass is 10.2. The number of hydrazone groups is 1. The highest BCUT2D eigenvalue weighted by molar-refractivity contribution is 5.79. The topological polar surface area (TPSA) is 53.4 Å². The van der Waals surface area contributed by atoms with Gasteiger partial charge in [0.05, 0.1) is 12.4 Å². The third-order valence-electron chi connectivity index (χ3n) is 3.19. The van der Waals surface area contributed by atoms with Crippen molar-refractivity contribution in [2.75, 3.05) is 23.4 Å². The van der Waals surface area contributed by atoms with Crippen molar-refractivity contribution in [3.63, 3.8) is 0 Å². The van der Waals surface area contributed by atoms with Crippen LogP contribution in [-0.4, -0.2) is 29.3 Å². The van der Waals surface area contributed by atoms with Crippen LogP contribution < -0.4 is 10.3 Å². The third-order valence-corrected chi connectivity index (χ3v) is 3.19. The molecule has 0 aliphatic rings. The molecule has 2 rings (SSSR count). The zero-order valence-corrected chi connectivity index (χ0v) is 13.5. The Labute approximate surface area is 136 Å². The highest BCUT2D eigenvalue weighted by Gasteiger charge is 2.13. The van der Waals surface area contributed by atoms with Crippen molar-refractivity contribution in [3.05, 3.63) is 47.9 Å². The smallest absolute Gasteiger partial charge is 0.245 e. The Balaban J connectivity index is 2.11. The summed E-state index contributed by atoms with van der Waals surface area (Å²) in [5.74, 6) is 0.191. The quantitative estimate of drug-likeness (QED) is 0.596. The van der Waals surface area contributed by atoms with E-state index in [-0.39, 0.29) is 5.95 Å². The summed E-state index contributed by atoms with van der Waals surface area (Å²) in [5.41, 5.74) is 3.71. The number of nitrogens with zero attached hydrogens (tertiary/aromatic N) is 4. The molecule has 0 bridgehead atoms. The Bertz CT molecular complexity index is 624. The van der Waals surface area contributed by atoms with Gasteiger partial charge in [-0.15, -0.1) is 0 Å². The number of hydrogen-bond acceptors (Lipinski definition) is 5. The van der Waals surface area contributed by atoms with Crippen molar-refractivity contribution < 1.29 is 4.39 Å². The predicted octanol–water partition coefficient (Wildman–Crippen LogP) is 3.69. The Kier molecular flexibility index (Phi) is 6.47. The number of aromatic nitrogens is 2. The molecule has 1 aromatic carbocycles. The first-order chi connectivity index (χ1) is 11.2. The summed E-state index contributed by atoms with van der Waals surface area (Å²) >= 11 is 0. The first kappa shape index (κ1) is 16.9. The molecule has 2 aromatic rings. The SMILES string of the molecule is CCCN(CCC)c1nc(N/N=C/c2ccccc2)ncc1F. The molecule has 1 heterocycles. The Morgan fingerprint density at radius 1 is 1.17 bits per heavy atom. The summed E-state index contributed by atoms with van der Waals surface area (Å²) in [7, 11) is 0. The van der Waals surface area contributed by atoms with E-state index in [1.807, 2.05) is 35.2 Å². The molecule has 0 atom stereocenters. The molecule has 5 nitrogen and oxygen atoms in total. The number of hydrogen-bond donors (Lipinski definition) is 1. The van der Waals surface area contributed by atoms with Crippen LogP contribution in [0.2, 0.25) is 0 Å². The van der Waals surface area contributed by atoms with Crippen molar-refractivity contribution in [1.29, 1.82) is 0 Å². The molecule has 0 radical (unpaired) electrons. The van der Waals surface area contributed by atoms with Gasteiger partial charge in [0.15, 0.2) is 11.6 Å². The zero-order chi connectivity index (χ0) is 16.5. The fraction of sp³-hybridized carbons (Fsp3) is 0.353. The monoisotopic (exact) mass is 315 g/mol. The van der Waals surface area contributed by atoms with Gasteiger partial charge in [-0.25, -0.2) is 14.8 Å². The maximum atomic E-state index is 14.0. The van der Waals surface area contributed by atoms with E-state index >= 15 is 0 Å². The molecular formula is C17H22FN5. The molecular weight excluding hydrogens is 293 g/mol. The fourth-order valence-corrected chi connectivity index (χ4v) is 2.20. The number of anilines is 2. The van der Waals surface area contributed by atoms with Gasteiger partial charge in [0.1, 0.15) is 0 Å². The summed E-state index contributed by atoms with van der Waals surface area (Å²) in [4.78, 5) is 10.1. The van der Waals surface area contributed by atoms with E-state index in [0.717, 1.165) is 31.5 Å². The minimum atomic E-state index is -0.413. The van der Waals surface area contributed by atoms with E-state index < -0.39 is 5.82 Å². The van der Waals surface area contributed by atoms with Crippen LogP contribution >= 0.6 is 0 Å². The minimum absolute atomic E-state index is 0.283. The van der Waals surface area contributed by atoms with Crippen LogP contribution in [0.1, 0.15) is 32.3 Å². The van der Waals surface area contributed by atoms with Gasteiger partial charge in [-0.05, 0) is 18.4 Å². The molecule has 1 aromatic heterocycles. The third kappa shape index (κ3) is 5.02. The molecule has 0 spiro atoms. The highest BCUT2D eigenvalue weighted by atomic mass is 19.1. The van der Waals surface area contributed by atoms with Crippen molar-refractivity contribution >= 4 is 18.0 Å². The fourth-order valence-electron chi connectivity index (χ4n) is 2.20. The van der Waals surface area contributed by atoms with Crippen molar-refractivity contribution in [2.45, 2.75) is 26.7 Å². The van der Waals surface area contributed by atoms with E-state index in [9.17, 15) is 4.39 Å². The second-order valence-corrected chi connectivity index (χ2v) is 5.13. The largest absolute Gasteiger partial charge is 0.354 e. The van der Waals surface area contributed by atoms with Crippen LogP contribution in [0.4, 0.5) is 16.2 Å². The first-order valence-electron chi connectivity index (χ1n) is 7.86. The normalized spacial score (nSPS) is 10.9. The average molecular weight is 315 g/mol. The maximum Gasteiger partial charge on any atom is 0.245 e. The summed E-state index contributed by atoms with van der Waals surface area (Å²) in [5, 5.41) is 4.09. The van der Waals surface area contributed by atoms with E-state index in [1.165, 1.54) is 6.20 Å². The number of halogens is 1. The van der Waals surface area contributed by atoms with Crippen LogP contribution in [0.25, 0.3) is 0 Å². The molecule has 0 aliphatic heterocycles. The van der Waals surface area contributed by atoms with Gasteiger partial charge in [0.2, 0.25) is 5.95 Å². The molecule has 0 fully saturated rings. The molecule has 0 saturated carbocycles. The van der Waals surface area contributed by atoms with E-state index in [4.69, 9.17) is 0 Å². The molecule has 122 valence electrons. The number of rotatable bonds is 8. The van der Waals surface area contributed by atoms with Crippen LogP contribution in [0, 0.1) is 5.82 Å². The molecule has 0 saturated heterocycles. The second-order valence-electron chi connectivity index (χ2n) is 5.13. The van der Waals surface area contributed by atoms with Crippen LogP contribution in [-0.2, 0) is 0 Å². The van der Waals surface area contributed by atoms with Crippen LogP contribution in [0.5, 0.6) is 0 Å². The van der Waals surface area contributed by atoms with Gasteiger partial charge >= 0.3 is 0 Å². The lowest BCUT2D eigenvalue weighted by Crippen LogP contribution is -2.27. The van der Waals surface area contributed by atoms with Crippen molar-refractivity contribution in [1.82, 2.24) is 9.97 Å². The Morgan fingerprint density at radius 3 is 2.52 bits per heavy atom. The predicted molar refractivity (Wildman–Crippen MR) is 92.4 cm³/mol. The van der Waals surface area contributed by atoms with Crippen LogP contribution in [0.3, 0.4) is 0 Å². The Hall–Kier alpha value is -2.50. The zero-order valence-electron chi connectivity index (χ0n) is 13.5. The van der Waals surface area contributed by atoms with Crippen molar-refractivity contribution in [2.24, 2.45) is 5.10 Å². The summed E-state index contributed by atoms with van der Waals surface area (Å²) < 4.78 is 14.0. The standard InChI is InChI=1S/C17H22FN5/c1-3-10-23(11-4-2)16-15(18)13-19-17(21-16)22-20-12-14-8-6-5-7-9-14/h5-9,12-13H,3-4,10-11H2,1-2H3,(H,19,21,22)/b20-12+. The first-order valence-corrected chi connectivity index (χ1v) is 7.86. The summed E-state index contributed by atoms with van der Waals surface area (Å²) in [6.45, 7) is 5.64. The number of nitrogens with one attached hydrogen (secondary N) is 1. The second kappa shape index (κ2) is 8.82. The number of benzene rings is 1. The van der Waals surface area contributed by atoms with Gasteiger partial charge < -0.3 is 4.90 Å². The van der Waals surface area contributed by atoms with Gasteiger partial charge in [0, 0.05) is 13.1 Å². The minimum Gasteiger partial charge on any atom is -0.354 e. The lowest BCUT2D eigenvalue weighted by molar-refractivity contribution is 0.598. The summed E-state index contributed by atoms with van der Waals surface area (Å²) in [6, 6.07) is 9.68. The Morgan fingerprint density at radius 2 is 1.87 bits per heavy atom. The van der Waals surface area contributed by atoms with Crippen molar-refractivity contribution in [3.8, 4) is 0 Å². The van der Waals surface area contributed by atoms with E-state index in [0.29, 0.717) is 5.82 Å². The van der Waals surface area contributed by atoms with Gasteiger partial charge in [-0.1, -0.05) is 44.2 Å². The van der Waals surface area contributed by atoms with Crippen LogP contribution in [0.15, 0.2) is 41.6 Å². The molecule has 0 aliphatic carbocycles. The molecule has 0 amide bonds. The highest BCUT2D eigenvalue weighted by Crippen LogP contribution is 2.18. The van der Waals surface area contributed by atoms with Gasteiger partial charge in [-0.3, -0.25) is 0 Å². The van der Waals surface area contributed by atoms with E-state index in [1.54, 1.807) is 6.21 Å². The molecule has 6 heteroatoms. The molecule has 1 N–H and O–H groups in total. The maximum absolute atomic E-state index is 14.0.